The first-order valence-corrected chi connectivity index (χ1v) is 7.94. The van der Waals surface area contributed by atoms with E-state index >= 15 is 0 Å². The van der Waals surface area contributed by atoms with Crippen molar-refractivity contribution in [3.05, 3.63) is 23.4 Å². The second-order valence-electron chi connectivity index (χ2n) is 6.36. The van der Waals surface area contributed by atoms with Crippen LogP contribution in [0.15, 0.2) is 12.1 Å². The zero-order valence-electron chi connectivity index (χ0n) is 11.9. The molecule has 2 aliphatic carbocycles. The molecule has 1 aromatic rings. The zero-order chi connectivity index (χ0) is 13.4. The highest BCUT2D eigenvalue weighted by molar-refractivity contribution is 6.17. The summed E-state index contributed by atoms with van der Waals surface area (Å²) >= 11 is 5.89. The Balaban J connectivity index is 1.67. The lowest BCUT2D eigenvalue weighted by Crippen LogP contribution is -2.29. The second-order valence-corrected chi connectivity index (χ2v) is 6.63. The second kappa shape index (κ2) is 5.32. The van der Waals surface area contributed by atoms with Gasteiger partial charge in [0, 0.05) is 25.2 Å². The first kappa shape index (κ1) is 13.2. The van der Waals surface area contributed by atoms with E-state index in [0.29, 0.717) is 5.88 Å². The van der Waals surface area contributed by atoms with Gasteiger partial charge in [-0.1, -0.05) is 12.5 Å². The Labute approximate surface area is 121 Å². The smallest absolute Gasteiger partial charge is 0.128 e. The number of alkyl halides is 1. The van der Waals surface area contributed by atoms with Crippen molar-refractivity contribution < 1.29 is 0 Å². The molecule has 3 atom stereocenters. The Bertz CT molecular complexity index is 460. The molecule has 2 saturated carbocycles. The molecule has 2 fully saturated rings. The molecule has 0 saturated heterocycles. The molecule has 0 spiro atoms. The minimum atomic E-state index is 0.551. The van der Waals surface area contributed by atoms with Crippen molar-refractivity contribution in [2.24, 2.45) is 17.8 Å². The summed E-state index contributed by atoms with van der Waals surface area (Å²) in [5.41, 5.74) is 2.20. The van der Waals surface area contributed by atoms with Gasteiger partial charge in [0.2, 0.25) is 0 Å². The van der Waals surface area contributed by atoms with Gasteiger partial charge >= 0.3 is 0 Å². The predicted molar refractivity (Wildman–Crippen MR) is 80.7 cm³/mol. The van der Waals surface area contributed by atoms with Crippen LogP contribution in [-0.2, 0) is 5.88 Å². The van der Waals surface area contributed by atoms with Crippen LogP contribution in [0.5, 0.6) is 0 Å². The molecule has 3 unspecified atom stereocenters. The van der Waals surface area contributed by atoms with Crippen molar-refractivity contribution in [1.82, 2.24) is 4.98 Å². The summed E-state index contributed by atoms with van der Waals surface area (Å²) in [4.78, 5) is 7.02. The molecular formula is C16H23ClN2. The summed E-state index contributed by atoms with van der Waals surface area (Å²) in [5.74, 6) is 4.54. The fourth-order valence-electron chi connectivity index (χ4n) is 3.98. The fraction of sp³-hybridized carbons (Fsp3) is 0.688. The van der Waals surface area contributed by atoms with Gasteiger partial charge in [-0.2, -0.15) is 0 Å². The number of fused-ring (bicyclic) bond motifs is 2. The molecule has 0 radical (unpaired) electrons. The molecule has 0 amide bonds. The fourth-order valence-corrected chi connectivity index (χ4v) is 4.26. The molecule has 1 heterocycles. The van der Waals surface area contributed by atoms with E-state index in [2.05, 4.69) is 29.1 Å². The molecule has 19 heavy (non-hydrogen) atoms. The Hall–Kier alpha value is -0.760. The molecule has 2 bridgehead atoms. The maximum absolute atomic E-state index is 5.89. The molecule has 104 valence electrons. The average molecular weight is 279 g/mol. The third-order valence-electron chi connectivity index (χ3n) is 5.11. The number of hydrogen-bond donors (Lipinski definition) is 0. The van der Waals surface area contributed by atoms with E-state index in [4.69, 9.17) is 11.6 Å². The van der Waals surface area contributed by atoms with Gasteiger partial charge in [0.05, 0.1) is 0 Å². The van der Waals surface area contributed by atoms with Gasteiger partial charge in [0.15, 0.2) is 0 Å². The minimum absolute atomic E-state index is 0.551. The van der Waals surface area contributed by atoms with Crippen molar-refractivity contribution in [3.8, 4) is 0 Å². The van der Waals surface area contributed by atoms with E-state index in [1.165, 1.54) is 25.7 Å². The van der Waals surface area contributed by atoms with Crippen LogP contribution in [0, 0.1) is 24.7 Å². The van der Waals surface area contributed by atoms with E-state index in [1.807, 2.05) is 6.92 Å². The number of nitrogens with zero attached hydrogens (tertiary/aromatic N) is 2. The first-order valence-electron chi connectivity index (χ1n) is 7.41. The van der Waals surface area contributed by atoms with Crippen molar-refractivity contribution in [2.45, 2.75) is 38.5 Å². The molecule has 3 heteroatoms. The highest BCUT2D eigenvalue weighted by atomic mass is 35.5. The Kier molecular flexibility index (Phi) is 3.70. The van der Waals surface area contributed by atoms with Crippen LogP contribution < -0.4 is 4.90 Å². The Morgan fingerprint density at radius 1 is 1.32 bits per heavy atom. The SMILES string of the molecule is Cc1nc(N(C)CC2CC3CCC2C3)ccc1CCl. The van der Waals surface area contributed by atoms with Crippen molar-refractivity contribution in [2.75, 3.05) is 18.5 Å². The number of anilines is 1. The number of aryl methyl sites for hydroxylation is 1. The van der Waals surface area contributed by atoms with Crippen LogP contribution in [0.25, 0.3) is 0 Å². The number of aromatic nitrogens is 1. The predicted octanol–water partition coefficient (Wildman–Crippen LogP) is 4.00. The van der Waals surface area contributed by atoms with Crippen molar-refractivity contribution >= 4 is 17.4 Å². The summed E-state index contributed by atoms with van der Waals surface area (Å²) in [6.07, 6.45) is 5.86. The van der Waals surface area contributed by atoms with Gasteiger partial charge in [-0.05, 0) is 55.6 Å². The van der Waals surface area contributed by atoms with Gasteiger partial charge in [-0.15, -0.1) is 11.6 Å². The summed E-state index contributed by atoms with van der Waals surface area (Å²) in [6.45, 7) is 3.21. The van der Waals surface area contributed by atoms with E-state index in [0.717, 1.165) is 41.4 Å². The van der Waals surface area contributed by atoms with Crippen LogP contribution in [0.2, 0.25) is 0 Å². The highest BCUT2D eigenvalue weighted by Crippen LogP contribution is 2.48. The van der Waals surface area contributed by atoms with E-state index in [9.17, 15) is 0 Å². The Morgan fingerprint density at radius 3 is 2.74 bits per heavy atom. The molecule has 2 nitrogen and oxygen atoms in total. The van der Waals surface area contributed by atoms with Gasteiger partial charge in [-0.3, -0.25) is 0 Å². The average Bonchev–Trinajstić information content (AvgIpc) is 3.00. The molecule has 1 aromatic heterocycles. The monoisotopic (exact) mass is 278 g/mol. The highest BCUT2D eigenvalue weighted by Gasteiger charge is 2.39. The normalized spacial score (nSPS) is 28.9. The third kappa shape index (κ3) is 2.60. The molecular weight excluding hydrogens is 256 g/mol. The van der Waals surface area contributed by atoms with Gasteiger partial charge < -0.3 is 4.90 Å². The summed E-state index contributed by atoms with van der Waals surface area (Å²) in [5, 5.41) is 0. The molecule has 0 N–H and O–H groups in total. The molecule has 2 aliphatic rings. The zero-order valence-corrected chi connectivity index (χ0v) is 12.7. The summed E-state index contributed by atoms with van der Waals surface area (Å²) in [6, 6.07) is 4.22. The van der Waals surface area contributed by atoms with Crippen molar-refractivity contribution in [1.29, 1.82) is 0 Å². The number of halogens is 1. The molecule has 0 aromatic carbocycles. The van der Waals surface area contributed by atoms with Crippen LogP contribution in [0.4, 0.5) is 5.82 Å². The first-order chi connectivity index (χ1) is 9.17. The largest absolute Gasteiger partial charge is 0.359 e. The molecule has 3 rings (SSSR count). The lowest BCUT2D eigenvalue weighted by Gasteiger charge is -2.28. The lowest BCUT2D eigenvalue weighted by atomic mass is 9.88. The van der Waals surface area contributed by atoms with Crippen LogP contribution in [0.1, 0.15) is 36.9 Å². The van der Waals surface area contributed by atoms with Crippen LogP contribution in [0.3, 0.4) is 0 Å². The molecule has 0 aliphatic heterocycles. The number of pyridine rings is 1. The minimum Gasteiger partial charge on any atom is -0.359 e. The van der Waals surface area contributed by atoms with Gasteiger partial charge in [0.1, 0.15) is 5.82 Å². The number of rotatable bonds is 4. The van der Waals surface area contributed by atoms with Gasteiger partial charge in [0.25, 0.3) is 0 Å². The van der Waals surface area contributed by atoms with E-state index in [1.54, 1.807) is 0 Å². The van der Waals surface area contributed by atoms with Crippen molar-refractivity contribution in [3.63, 3.8) is 0 Å². The topological polar surface area (TPSA) is 16.1 Å². The summed E-state index contributed by atoms with van der Waals surface area (Å²) in [7, 11) is 2.17. The summed E-state index contributed by atoms with van der Waals surface area (Å²) < 4.78 is 0. The lowest BCUT2D eigenvalue weighted by molar-refractivity contribution is 0.337. The maximum Gasteiger partial charge on any atom is 0.128 e. The van der Waals surface area contributed by atoms with Crippen LogP contribution in [-0.4, -0.2) is 18.6 Å². The Morgan fingerprint density at radius 2 is 2.16 bits per heavy atom. The van der Waals surface area contributed by atoms with Gasteiger partial charge in [-0.25, -0.2) is 4.98 Å². The number of hydrogen-bond acceptors (Lipinski definition) is 2. The van der Waals surface area contributed by atoms with E-state index in [-0.39, 0.29) is 0 Å². The van der Waals surface area contributed by atoms with Crippen LogP contribution >= 0.6 is 11.6 Å². The maximum atomic E-state index is 5.89. The standard InChI is InChI=1S/C16H23ClN2/c1-11-14(9-17)5-6-16(18-11)19(2)10-15-8-12-3-4-13(15)7-12/h5-6,12-13,15H,3-4,7-10H2,1-2H3. The third-order valence-corrected chi connectivity index (χ3v) is 5.40. The quantitative estimate of drug-likeness (QED) is 0.774. The van der Waals surface area contributed by atoms with E-state index < -0.39 is 0 Å².